The van der Waals surface area contributed by atoms with Crippen molar-refractivity contribution in [3.63, 3.8) is 0 Å². The first-order valence-corrected chi connectivity index (χ1v) is 9.41. The third-order valence-corrected chi connectivity index (χ3v) is 5.52. The molecule has 0 fully saturated rings. The van der Waals surface area contributed by atoms with Crippen molar-refractivity contribution in [2.24, 2.45) is 0 Å². The van der Waals surface area contributed by atoms with E-state index >= 15 is 0 Å². The van der Waals surface area contributed by atoms with Crippen LogP contribution in [-0.2, 0) is 17.8 Å². The van der Waals surface area contributed by atoms with E-state index in [1.165, 1.54) is 24.3 Å². The summed E-state index contributed by atoms with van der Waals surface area (Å²) in [7, 11) is 0. The highest BCUT2D eigenvalue weighted by Gasteiger charge is 2.23. The fourth-order valence-corrected chi connectivity index (χ4v) is 3.74. The molecule has 7 heteroatoms. The standard InChI is InChI=1S/C21H19ClFN3O2/c1-12-17(22)7-6-15-20(12)25-18-8-9-26(10-16(18)21(15)28)11-19(27)24-14-4-2-13(23)3-5-14/h2-7H,8-11H2,1H3,(H,24,27)(H,25,28). The number of pyridine rings is 1. The monoisotopic (exact) mass is 399 g/mol. The van der Waals surface area contributed by atoms with Crippen LogP contribution < -0.4 is 10.7 Å². The largest absolute Gasteiger partial charge is 0.358 e. The van der Waals surface area contributed by atoms with Crippen molar-refractivity contribution in [3.05, 3.63) is 74.3 Å². The molecule has 0 aliphatic carbocycles. The fraction of sp³-hybridized carbons (Fsp3) is 0.238. The molecular weight excluding hydrogens is 381 g/mol. The second kappa shape index (κ2) is 7.37. The smallest absolute Gasteiger partial charge is 0.238 e. The Balaban J connectivity index is 1.54. The molecule has 0 saturated carbocycles. The van der Waals surface area contributed by atoms with Crippen LogP contribution in [0.3, 0.4) is 0 Å². The number of aromatic nitrogens is 1. The van der Waals surface area contributed by atoms with Crippen molar-refractivity contribution in [3.8, 4) is 0 Å². The lowest BCUT2D eigenvalue weighted by Gasteiger charge is -2.28. The molecule has 1 aliphatic heterocycles. The van der Waals surface area contributed by atoms with Crippen LogP contribution in [0.15, 0.2) is 41.2 Å². The van der Waals surface area contributed by atoms with Crippen LogP contribution in [0.25, 0.3) is 10.9 Å². The van der Waals surface area contributed by atoms with Crippen molar-refractivity contribution in [1.82, 2.24) is 9.88 Å². The van der Waals surface area contributed by atoms with Crippen LogP contribution in [0, 0.1) is 12.7 Å². The molecule has 2 N–H and O–H groups in total. The van der Waals surface area contributed by atoms with Gasteiger partial charge < -0.3 is 10.3 Å². The van der Waals surface area contributed by atoms with Gasteiger partial charge in [0.05, 0.1) is 12.1 Å². The molecule has 5 nitrogen and oxygen atoms in total. The predicted octanol–water partition coefficient (Wildman–Crippen LogP) is 3.63. The molecule has 4 rings (SSSR count). The number of anilines is 1. The van der Waals surface area contributed by atoms with Crippen LogP contribution in [0.4, 0.5) is 10.1 Å². The number of nitrogens with zero attached hydrogens (tertiary/aromatic N) is 1. The molecule has 144 valence electrons. The average molecular weight is 400 g/mol. The second-order valence-corrected chi connectivity index (χ2v) is 7.43. The number of carbonyl (C=O) groups is 1. The number of carbonyl (C=O) groups excluding carboxylic acids is 1. The Morgan fingerprint density at radius 2 is 2.00 bits per heavy atom. The number of fused-ring (bicyclic) bond motifs is 2. The number of amides is 1. The lowest BCUT2D eigenvalue weighted by atomic mass is 10.0. The molecule has 2 heterocycles. The number of benzene rings is 2. The number of nitrogens with one attached hydrogen (secondary N) is 2. The Labute approximate surface area is 166 Å². The molecular formula is C21H19ClFN3O2. The van der Waals surface area contributed by atoms with Crippen LogP contribution in [0.1, 0.15) is 16.8 Å². The first-order valence-electron chi connectivity index (χ1n) is 9.03. The zero-order valence-corrected chi connectivity index (χ0v) is 16.1. The molecule has 0 saturated heterocycles. The predicted molar refractivity (Wildman–Crippen MR) is 108 cm³/mol. The van der Waals surface area contributed by atoms with Gasteiger partial charge in [0.25, 0.3) is 0 Å². The summed E-state index contributed by atoms with van der Waals surface area (Å²) in [6, 6.07) is 9.10. The Morgan fingerprint density at radius 3 is 2.75 bits per heavy atom. The van der Waals surface area contributed by atoms with E-state index in [0.29, 0.717) is 41.2 Å². The van der Waals surface area contributed by atoms with E-state index in [0.717, 1.165) is 16.8 Å². The number of aryl methyl sites for hydroxylation is 1. The summed E-state index contributed by atoms with van der Waals surface area (Å²) in [4.78, 5) is 30.6. The van der Waals surface area contributed by atoms with E-state index in [4.69, 9.17) is 11.6 Å². The Hall–Kier alpha value is -2.70. The van der Waals surface area contributed by atoms with Crippen molar-refractivity contribution in [2.75, 3.05) is 18.4 Å². The van der Waals surface area contributed by atoms with Gasteiger partial charge >= 0.3 is 0 Å². The number of H-pyrrole nitrogens is 1. The molecule has 0 spiro atoms. The van der Waals surface area contributed by atoms with Gasteiger partial charge in [-0.15, -0.1) is 0 Å². The quantitative estimate of drug-likeness (QED) is 0.707. The van der Waals surface area contributed by atoms with Gasteiger partial charge in [0.1, 0.15) is 5.82 Å². The highest BCUT2D eigenvalue weighted by atomic mass is 35.5. The Bertz CT molecular complexity index is 1130. The van der Waals surface area contributed by atoms with Gasteiger partial charge in [-0.3, -0.25) is 14.5 Å². The van der Waals surface area contributed by atoms with Crippen molar-refractivity contribution in [1.29, 1.82) is 0 Å². The SMILES string of the molecule is Cc1c(Cl)ccc2c(=O)c3c([nH]c12)CCN(CC(=O)Nc1ccc(F)cc1)C3. The van der Waals surface area contributed by atoms with Gasteiger partial charge in [-0.25, -0.2) is 4.39 Å². The van der Waals surface area contributed by atoms with E-state index in [9.17, 15) is 14.0 Å². The number of rotatable bonds is 3. The van der Waals surface area contributed by atoms with Gasteiger partial charge in [0.15, 0.2) is 5.43 Å². The second-order valence-electron chi connectivity index (χ2n) is 7.02. The third kappa shape index (κ3) is 3.53. The minimum atomic E-state index is -0.353. The molecule has 0 bridgehead atoms. The minimum absolute atomic E-state index is 0.0211. The highest BCUT2D eigenvalue weighted by Crippen LogP contribution is 2.25. The number of hydrogen-bond acceptors (Lipinski definition) is 3. The molecule has 0 radical (unpaired) electrons. The van der Waals surface area contributed by atoms with Gasteiger partial charge in [0.2, 0.25) is 5.91 Å². The molecule has 3 aromatic rings. The molecule has 0 unspecified atom stereocenters. The number of hydrogen-bond donors (Lipinski definition) is 2. The fourth-order valence-electron chi connectivity index (χ4n) is 3.59. The minimum Gasteiger partial charge on any atom is -0.358 e. The maximum atomic E-state index is 13.0. The topological polar surface area (TPSA) is 65.2 Å². The average Bonchev–Trinajstić information content (AvgIpc) is 2.67. The van der Waals surface area contributed by atoms with Gasteiger partial charge in [0, 0.05) is 46.9 Å². The van der Waals surface area contributed by atoms with Gasteiger partial charge in [-0.1, -0.05) is 11.6 Å². The molecule has 1 amide bonds. The summed E-state index contributed by atoms with van der Waals surface area (Å²) in [6.07, 6.45) is 0.649. The summed E-state index contributed by atoms with van der Waals surface area (Å²) in [6.45, 7) is 3.11. The molecule has 1 aromatic heterocycles. The summed E-state index contributed by atoms with van der Waals surface area (Å²) in [5.74, 6) is -0.552. The van der Waals surface area contributed by atoms with Crippen molar-refractivity contribution >= 4 is 34.1 Å². The third-order valence-electron chi connectivity index (χ3n) is 5.11. The first-order chi connectivity index (χ1) is 13.4. The Kier molecular flexibility index (Phi) is 4.91. The van der Waals surface area contributed by atoms with Gasteiger partial charge in [-0.2, -0.15) is 0 Å². The zero-order valence-electron chi connectivity index (χ0n) is 15.3. The van der Waals surface area contributed by atoms with E-state index in [1.807, 2.05) is 11.8 Å². The van der Waals surface area contributed by atoms with E-state index in [-0.39, 0.29) is 23.7 Å². The van der Waals surface area contributed by atoms with E-state index in [2.05, 4.69) is 10.3 Å². The van der Waals surface area contributed by atoms with Crippen LogP contribution in [0.5, 0.6) is 0 Å². The summed E-state index contributed by atoms with van der Waals surface area (Å²) >= 11 is 6.18. The number of aromatic amines is 1. The Morgan fingerprint density at radius 1 is 1.25 bits per heavy atom. The molecule has 2 aromatic carbocycles. The summed E-state index contributed by atoms with van der Waals surface area (Å²) in [5, 5.41) is 3.98. The molecule has 28 heavy (non-hydrogen) atoms. The lowest BCUT2D eigenvalue weighted by Crippen LogP contribution is -2.39. The van der Waals surface area contributed by atoms with Crippen LogP contribution in [0.2, 0.25) is 5.02 Å². The summed E-state index contributed by atoms with van der Waals surface area (Å²) in [5.41, 5.74) is 3.75. The van der Waals surface area contributed by atoms with Gasteiger partial charge in [-0.05, 0) is 48.9 Å². The normalized spacial score (nSPS) is 14.1. The summed E-state index contributed by atoms with van der Waals surface area (Å²) < 4.78 is 13.0. The zero-order chi connectivity index (χ0) is 19.8. The van der Waals surface area contributed by atoms with Crippen molar-refractivity contribution in [2.45, 2.75) is 19.9 Å². The molecule has 1 aliphatic rings. The van der Waals surface area contributed by atoms with E-state index < -0.39 is 0 Å². The van der Waals surface area contributed by atoms with Crippen molar-refractivity contribution < 1.29 is 9.18 Å². The maximum absolute atomic E-state index is 13.0. The number of halogens is 2. The van der Waals surface area contributed by atoms with Crippen LogP contribution >= 0.6 is 11.6 Å². The van der Waals surface area contributed by atoms with Crippen LogP contribution in [-0.4, -0.2) is 28.9 Å². The molecule has 0 atom stereocenters. The first kappa shape index (κ1) is 18.7. The van der Waals surface area contributed by atoms with E-state index in [1.54, 1.807) is 12.1 Å². The lowest BCUT2D eigenvalue weighted by molar-refractivity contribution is -0.117. The highest BCUT2D eigenvalue weighted by molar-refractivity contribution is 6.32. The maximum Gasteiger partial charge on any atom is 0.238 e.